The van der Waals surface area contributed by atoms with Crippen molar-refractivity contribution in [2.75, 3.05) is 6.61 Å². The van der Waals surface area contributed by atoms with Crippen LogP contribution in [0.1, 0.15) is 63.7 Å². The van der Waals surface area contributed by atoms with Crippen LogP contribution >= 0.6 is 0 Å². The van der Waals surface area contributed by atoms with Crippen molar-refractivity contribution < 1.29 is 18.8 Å². The minimum atomic E-state index is -0.788. The minimum Gasteiger partial charge on any atom is -0.493 e. The van der Waals surface area contributed by atoms with Gasteiger partial charge < -0.3 is 14.0 Å². The van der Waals surface area contributed by atoms with Crippen LogP contribution in [-0.4, -0.2) is 18.3 Å². The number of rotatable bonds is 5. The van der Waals surface area contributed by atoms with E-state index in [2.05, 4.69) is 25.9 Å². The predicted molar refractivity (Wildman–Crippen MR) is 110 cm³/mol. The van der Waals surface area contributed by atoms with Crippen LogP contribution in [-0.2, 0) is 4.84 Å². The summed E-state index contributed by atoms with van der Waals surface area (Å²) in [7, 11) is 0. The maximum Gasteiger partial charge on any atom is 0.373 e. The van der Waals surface area contributed by atoms with E-state index in [1.807, 2.05) is 6.92 Å². The third-order valence-electron chi connectivity index (χ3n) is 7.15. The highest BCUT2D eigenvalue weighted by atomic mass is 16.7. The number of ether oxygens (including phenoxy) is 1. The molecule has 2 aliphatic rings. The summed E-state index contributed by atoms with van der Waals surface area (Å²) in [6.07, 6.45) is 3.94. The molecule has 2 atom stereocenters. The molecular formula is C23H27NO5. The second kappa shape index (κ2) is 7.01. The summed E-state index contributed by atoms with van der Waals surface area (Å²) in [5.41, 5.74) is 0.453. The third kappa shape index (κ3) is 3.15. The fourth-order valence-electron chi connectivity index (χ4n) is 4.76. The smallest absolute Gasteiger partial charge is 0.373 e. The maximum atomic E-state index is 12.5. The molecule has 2 unspecified atom stereocenters. The van der Waals surface area contributed by atoms with E-state index in [4.69, 9.17) is 14.0 Å². The van der Waals surface area contributed by atoms with Gasteiger partial charge in [-0.25, -0.2) is 9.59 Å². The van der Waals surface area contributed by atoms with E-state index < -0.39 is 11.6 Å². The Bertz CT molecular complexity index is 1050. The first-order chi connectivity index (χ1) is 13.8. The number of hydrogen-bond donors (Lipinski definition) is 0. The van der Waals surface area contributed by atoms with Crippen LogP contribution in [0.25, 0.3) is 11.0 Å². The van der Waals surface area contributed by atoms with Gasteiger partial charge in [0.1, 0.15) is 16.9 Å². The molecule has 2 bridgehead atoms. The molecule has 6 heteroatoms. The molecule has 4 rings (SSSR count). The van der Waals surface area contributed by atoms with Crippen LogP contribution in [0, 0.1) is 16.7 Å². The Morgan fingerprint density at radius 1 is 1.28 bits per heavy atom. The molecule has 6 nitrogen and oxygen atoms in total. The molecule has 0 aliphatic heterocycles. The van der Waals surface area contributed by atoms with E-state index in [1.54, 1.807) is 18.2 Å². The Morgan fingerprint density at radius 2 is 2.07 bits per heavy atom. The first-order valence-corrected chi connectivity index (χ1v) is 10.3. The average molecular weight is 397 g/mol. The van der Waals surface area contributed by atoms with Gasteiger partial charge in [-0.05, 0) is 55.2 Å². The molecule has 2 saturated carbocycles. The Balaban J connectivity index is 1.56. The second-order valence-electron chi connectivity index (χ2n) is 8.91. The summed E-state index contributed by atoms with van der Waals surface area (Å²) >= 11 is 0. The van der Waals surface area contributed by atoms with Crippen LogP contribution in [0.4, 0.5) is 0 Å². The molecule has 1 aromatic carbocycles. The van der Waals surface area contributed by atoms with Gasteiger partial charge in [-0.15, -0.1) is 0 Å². The van der Waals surface area contributed by atoms with Gasteiger partial charge >= 0.3 is 11.6 Å². The Labute approximate surface area is 169 Å². The van der Waals surface area contributed by atoms with Gasteiger partial charge in [0.2, 0.25) is 0 Å². The first-order valence-electron chi connectivity index (χ1n) is 10.3. The number of hydrogen-bond acceptors (Lipinski definition) is 6. The average Bonchev–Trinajstić information content (AvgIpc) is 3.03. The molecule has 2 aromatic rings. The summed E-state index contributed by atoms with van der Waals surface area (Å²) in [6.45, 7) is 9.30. The van der Waals surface area contributed by atoms with Crippen LogP contribution in [0.5, 0.6) is 5.75 Å². The monoisotopic (exact) mass is 397 g/mol. The third-order valence-corrected chi connectivity index (χ3v) is 7.15. The molecule has 0 spiro atoms. The van der Waals surface area contributed by atoms with E-state index in [0.717, 1.165) is 25.0 Å². The van der Waals surface area contributed by atoms with Crippen LogP contribution in [0.2, 0.25) is 0 Å². The first kappa shape index (κ1) is 19.7. The van der Waals surface area contributed by atoms with Crippen molar-refractivity contribution in [2.24, 2.45) is 21.9 Å². The van der Waals surface area contributed by atoms with Crippen molar-refractivity contribution in [3.8, 4) is 5.75 Å². The Hall–Kier alpha value is -2.63. The molecule has 2 fully saturated rings. The highest BCUT2D eigenvalue weighted by Gasteiger charge is 2.60. The van der Waals surface area contributed by atoms with Crippen molar-refractivity contribution in [3.63, 3.8) is 0 Å². The van der Waals surface area contributed by atoms with Crippen molar-refractivity contribution in [1.29, 1.82) is 0 Å². The summed E-state index contributed by atoms with van der Waals surface area (Å²) in [6, 6.07) is 6.68. The maximum absolute atomic E-state index is 12.5. The van der Waals surface area contributed by atoms with Gasteiger partial charge in [0.15, 0.2) is 0 Å². The summed E-state index contributed by atoms with van der Waals surface area (Å²) < 4.78 is 10.9. The van der Waals surface area contributed by atoms with Crippen molar-refractivity contribution in [2.45, 2.75) is 53.4 Å². The van der Waals surface area contributed by atoms with Crippen molar-refractivity contribution in [1.82, 2.24) is 0 Å². The van der Waals surface area contributed by atoms with E-state index >= 15 is 0 Å². The Kier molecular flexibility index (Phi) is 4.75. The molecule has 0 amide bonds. The SMILES string of the molecule is CCCOc1ccc2cc(C(=O)ON=C3CC4CCC3(C)C4(C)C)c(=O)oc2c1. The zero-order valence-corrected chi connectivity index (χ0v) is 17.4. The fourth-order valence-corrected chi connectivity index (χ4v) is 4.76. The summed E-state index contributed by atoms with van der Waals surface area (Å²) in [5, 5.41) is 4.81. The predicted octanol–water partition coefficient (Wildman–Crippen LogP) is 4.94. The van der Waals surface area contributed by atoms with Gasteiger partial charge in [-0.3, -0.25) is 0 Å². The lowest BCUT2D eigenvalue weighted by atomic mass is 9.70. The summed E-state index contributed by atoms with van der Waals surface area (Å²) in [4.78, 5) is 30.1. The molecule has 2 aliphatic carbocycles. The van der Waals surface area contributed by atoms with E-state index in [0.29, 0.717) is 29.2 Å². The molecule has 0 saturated heterocycles. The standard InChI is InChI=1S/C23H27NO5/c1-5-10-27-16-7-6-14-11-17(20(25)28-18(14)13-16)21(26)29-24-19-12-15-8-9-23(19,4)22(15,2)3/h6-7,11,13,15H,5,8-10,12H2,1-4H3. The van der Waals surface area contributed by atoms with Crippen LogP contribution in [0.3, 0.4) is 0 Å². The van der Waals surface area contributed by atoms with Gasteiger partial charge in [-0.1, -0.05) is 32.9 Å². The summed E-state index contributed by atoms with van der Waals surface area (Å²) in [5.74, 6) is 0.389. The van der Waals surface area contributed by atoms with Gasteiger partial charge in [0.05, 0.1) is 12.3 Å². The fraction of sp³-hybridized carbons (Fsp3) is 0.522. The minimum absolute atomic E-state index is 0.0686. The number of oxime groups is 1. The van der Waals surface area contributed by atoms with E-state index in [-0.39, 0.29) is 16.4 Å². The molecule has 1 aromatic heterocycles. The van der Waals surface area contributed by atoms with Gasteiger partial charge in [0, 0.05) is 16.9 Å². The van der Waals surface area contributed by atoms with Crippen LogP contribution < -0.4 is 10.4 Å². The number of carbonyl (C=O) groups is 1. The van der Waals surface area contributed by atoms with Crippen molar-refractivity contribution >= 4 is 22.7 Å². The topological polar surface area (TPSA) is 78.1 Å². The van der Waals surface area contributed by atoms with Gasteiger partial charge in [-0.2, -0.15) is 0 Å². The number of fused-ring (bicyclic) bond motifs is 3. The van der Waals surface area contributed by atoms with Gasteiger partial charge in [0.25, 0.3) is 0 Å². The lowest BCUT2D eigenvalue weighted by Gasteiger charge is -2.34. The van der Waals surface area contributed by atoms with E-state index in [1.165, 1.54) is 12.5 Å². The number of nitrogens with zero attached hydrogens (tertiary/aromatic N) is 1. The zero-order chi connectivity index (χ0) is 20.8. The molecule has 154 valence electrons. The quantitative estimate of drug-likeness (QED) is 0.406. The lowest BCUT2D eigenvalue weighted by molar-refractivity contribution is 0.0504. The zero-order valence-electron chi connectivity index (χ0n) is 17.4. The molecular weight excluding hydrogens is 370 g/mol. The molecule has 0 radical (unpaired) electrons. The second-order valence-corrected chi connectivity index (χ2v) is 8.91. The Morgan fingerprint density at radius 3 is 2.72 bits per heavy atom. The highest BCUT2D eigenvalue weighted by Crippen LogP contribution is 2.64. The van der Waals surface area contributed by atoms with Crippen molar-refractivity contribution in [3.05, 3.63) is 40.2 Å². The molecule has 29 heavy (non-hydrogen) atoms. The lowest BCUT2D eigenvalue weighted by Crippen LogP contribution is -2.32. The normalized spacial score (nSPS) is 26.2. The highest BCUT2D eigenvalue weighted by molar-refractivity contribution is 5.96. The number of carbonyl (C=O) groups excluding carboxylic acids is 1. The number of benzene rings is 1. The van der Waals surface area contributed by atoms with E-state index in [9.17, 15) is 9.59 Å². The largest absolute Gasteiger partial charge is 0.493 e. The molecule has 0 N–H and O–H groups in total. The molecule has 1 heterocycles. The van der Waals surface area contributed by atoms with Crippen LogP contribution in [0.15, 0.2) is 38.6 Å².